The van der Waals surface area contributed by atoms with Gasteiger partial charge in [0.15, 0.2) is 6.07 Å². The van der Waals surface area contributed by atoms with E-state index >= 15 is 0 Å². The number of fused-ring (bicyclic) bond motifs is 1. The van der Waals surface area contributed by atoms with E-state index in [1.807, 2.05) is 17.7 Å². The summed E-state index contributed by atoms with van der Waals surface area (Å²) in [6, 6.07) is 7.02. The average molecular weight is 214 g/mol. The quantitative estimate of drug-likeness (QED) is 0.667. The summed E-state index contributed by atoms with van der Waals surface area (Å²) in [6.07, 6.45) is 1.71. The highest BCUT2D eigenvalue weighted by atomic mass is 16.2. The molecule has 0 saturated heterocycles. The Morgan fingerprint density at radius 2 is 2.31 bits per heavy atom. The number of hydrogen-bond acceptors (Lipinski definition) is 3. The van der Waals surface area contributed by atoms with Crippen molar-refractivity contribution in [2.24, 2.45) is 7.05 Å². The van der Waals surface area contributed by atoms with E-state index in [0.717, 1.165) is 11.0 Å². The van der Waals surface area contributed by atoms with E-state index in [1.54, 1.807) is 31.6 Å². The third-order valence-electron chi connectivity index (χ3n) is 2.50. The molecule has 0 aliphatic heterocycles. The lowest BCUT2D eigenvalue weighted by Gasteiger charge is -2.12. The fourth-order valence-corrected chi connectivity index (χ4v) is 1.53. The van der Waals surface area contributed by atoms with Crippen LogP contribution in [0.1, 0.15) is 0 Å². The topological polar surface area (TPSA) is 61.9 Å². The summed E-state index contributed by atoms with van der Waals surface area (Å²) in [5.74, 6) is -0.588. The highest BCUT2D eigenvalue weighted by Crippen LogP contribution is 2.19. The molecule has 0 bridgehead atoms. The lowest BCUT2D eigenvalue weighted by atomic mass is 10.2. The van der Waals surface area contributed by atoms with Crippen molar-refractivity contribution < 1.29 is 4.79 Å². The molecule has 1 amide bonds. The monoisotopic (exact) mass is 214 g/mol. The maximum Gasteiger partial charge on any atom is 0.329 e. The lowest BCUT2D eigenvalue weighted by molar-refractivity contribution is -0.113. The molecule has 0 spiro atoms. The number of amides is 1. The Hall–Kier alpha value is -2.35. The van der Waals surface area contributed by atoms with Crippen LogP contribution in [0.5, 0.6) is 0 Å². The van der Waals surface area contributed by atoms with E-state index in [-0.39, 0.29) is 0 Å². The molecule has 0 fully saturated rings. The number of nitrogens with zero attached hydrogens (tertiary/aromatic N) is 4. The van der Waals surface area contributed by atoms with Gasteiger partial charge in [-0.15, -0.1) is 0 Å². The Bertz CT molecular complexity index is 594. The number of aryl methyl sites for hydroxylation is 1. The summed E-state index contributed by atoms with van der Waals surface area (Å²) in [6.45, 7) is 0. The first-order valence-electron chi connectivity index (χ1n) is 4.72. The van der Waals surface area contributed by atoms with Gasteiger partial charge in [-0.05, 0) is 18.2 Å². The van der Waals surface area contributed by atoms with Gasteiger partial charge in [-0.3, -0.25) is 4.79 Å². The molecular formula is C11H10N4O. The van der Waals surface area contributed by atoms with Crippen molar-refractivity contribution in [1.29, 1.82) is 5.26 Å². The van der Waals surface area contributed by atoms with Gasteiger partial charge >= 0.3 is 5.91 Å². The molecule has 5 nitrogen and oxygen atoms in total. The van der Waals surface area contributed by atoms with Crippen LogP contribution < -0.4 is 4.90 Å². The summed E-state index contributed by atoms with van der Waals surface area (Å²) in [5.41, 5.74) is 2.46. The van der Waals surface area contributed by atoms with E-state index in [4.69, 9.17) is 5.26 Å². The summed E-state index contributed by atoms with van der Waals surface area (Å²) in [5, 5.41) is 8.52. The third kappa shape index (κ3) is 1.50. The van der Waals surface area contributed by atoms with Crippen LogP contribution in [0.4, 0.5) is 5.69 Å². The zero-order valence-corrected chi connectivity index (χ0v) is 9.01. The van der Waals surface area contributed by atoms with Crippen LogP contribution >= 0.6 is 0 Å². The SMILES string of the molecule is CN(C(=O)C#N)c1ccc2c(c1)ncn2C. The van der Waals surface area contributed by atoms with Gasteiger partial charge in [-0.2, -0.15) is 5.26 Å². The minimum Gasteiger partial charge on any atom is -0.334 e. The average Bonchev–Trinajstić information content (AvgIpc) is 2.68. The standard InChI is InChI=1S/C11H10N4O/c1-14-7-13-9-5-8(3-4-10(9)14)15(2)11(16)6-12/h3-5,7H,1-2H3. The molecule has 0 unspecified atom stereocenters. The predicted octanol–water partition coefficient (Wildman–Crippen LogP) is 1.06. The van der Waals surface area contributed by atoms with Gasteiger partial charge in [0.05, 0.1) is 17.4 Å². The second-order valence-electron chi connectivity index (χ2n) is 3.50. The summed E-state index contributed by atoms with van der Waals surface area (Å²) in [4.78, 5) is 16.7. The number of benzene rings is 1. The number of carbonyl (C=O) groups excluding carboxylic acids is 1. The first-order chi connectivity index (χ1) is 7.63. The van der Waals surface area contributed by atoms with Crippen molar-refractivity contribution in [2.45, 2.75) is 0 Å². The Balaban J connectivity index is 2.48. The zero-order chi connectivity index (χ0) is 11.7. The number of imidazole rings is 1. The van der Waals surface area contributed by atoms with E-state index in [9.17, 15) is 4.79 Å². The van der Waals surface area contributed by atoms with Crippen LogP contribution in [-0.2, 0) is 11.8 Å². The van der Waals surface area contributed by atoms with E-state index in [1.165, 1.54) is 4.90 Å². The molecule has 0 N–H and O–H groups in total. The van der Waals surface area contributed by atoms with Crippen LogP contribution in [0, 0.1) is 11.3 Å². The third-order valence-corrected chi connectivity index (χ3v) is 2.50. The molecule has 0 radical (unpaired) electrons. The summed E-state index contributed by atoms with van der Waals surface area (Å²) >= 11 is 0. The van der Waals surface area contributed by atoms with Gasteiger partial charge in [-0.25, -0.2) is 4.98 Å². The Labute approximate surface area is 92.5 Å². The molecule has 1 aromatic carbocycles. The molecule has 1 aromatic heterocycles. The Morgan fingerprint density at radius 1 is 1.56 bits per heavy atom. The lowest BCUT2D eigenvalue weighted by Crippen LogP contribution is -2.24. The smallest absolute Gasteiger partial charge is 0.329 e. The largest absolute Gasteiger partial charge is 0.334 e. The minimum absolute atomic E-state index is 0.588. The molecule has 2 aromatic rings. The predicted molar refractivity (Wildman–Crippen MR) is 59.7 cm³/mol. The van der Waals surface area contributed by atoms with Gasteiger partial charge in [0.2, 0.25) is 0 Å². The number of rotatable bonds is 1. The first kappa shape index (κ1) is 10.2. The highest BCUT2D eigenvalue weighted by molar-refractivity contribution is 6.04. The van der Waals surface area contributed by atoms with Crippen molar-refractivity contribution in [3.63, 3.8) is 0 Å². The number of nitriles is 1. The fourth-order valence-electron chi connectivity index (χ4n) is 1.53. The molecule has 5 heteroatoms. The van der Waals surface area contributed by atoms with E-state index in [0.29, 0.717) is 5.69 Å². The molecule has 0 saturated carbocycles. The molecule has 2 rings (SSSR count). The zero-order valence-electron chi connectivity index (χ0n) is 9.01. The number of anilines is 1. The van der Waals surface area contributed by atoms with Crippen LogP contribution in [0.2, 0.25) is 0 Å². The summed E-state index contributed by atoms with van der Waals surface area (Å²) in [7, 11) is 3.47. The van der Waals surface area contributed by atoms with Crippen molar-refractivity contribution in [2.75, 3.05) is 11.9 Å². The molecule has 16 heavy (non-hydrogen) atoms. The van der Waals surface area contributed by atoms with Crippen LogP contribution in [-0.4, -0.2) is 22.5 Å². The van der Waals surface area contributed by atoms with Gasteiger partial charge < -0.3 is 9.47 Å². The maximum atomic E-state index is 11.2. The van der Waals surface area contributed by atoms with Gasteiger partial charge in [0.1, 0.15) is 0 Å². The molecule has 1 heterocycles. The highest BCUT2D eigenvalue weighted by Gasteiger charge is 2.10. The second-order valence-corrected chi connectivity index (χ2v) is 3.50. The number of hydrogen-bond donors (Lipinski definition) is 0. The fraction of sp³-hybridized carbons (Fsp3) is 0.182. The van der Waals surface area contributed by atoms with Crippen molar-refractivity contribution in [3.05, 3.63) is 24.5 Å². The normalized spacial score (nSPS) is 10.1. The van der Waals surface area contributed by atoms with Crippen molar-refractivity contribution in [3.8, 4) is 6.07 Å². The van der Waals surface area contributed by atoms with Gasteiger partial charge in [0.25, 0.3) is 0 Å². The molecule has 0 aliphatic carbocycles. The summed E-state index contributed by atoms with van der Waals surface area (Å²) < 4.78 is 1.89. The molecule has 80 valence electrons. The van der Waals surface area contributed by atoms with Crippen LogP contribution in [0.25, 0.3) is 11.0 Å². The van der Waals surface area contributed by atoms with Crippen LogP contribution in [0.15, 0.2) is 24.5 Å². The van der Waals surface area contributed by atoms with Gasteiger partial charge in [-0.1, -0.05) is 0 Å². The van der Waals surface area contributed by atoms with Crippen molar-refractivity contribution >= 4 is 22.6 Å². The van der Waals surface area contributed by atoms with E-state index < -0.39 is 5.91 Å². The minimum atomic E-state index is -0.588. The maximum absolute atomic E-state index is 11.2. The van der Waals surface area contributed by atoms with E-state index in [2.05, 4.69) is 4.98 Å². The number of carbonyl (C=O) groups is 1. The van der Waals surface area contributed by atoms with Gasteiger partial charge in [0, 0.05) is 19.8 Å². The molecule has 0 atom stereocenters. The Kier molecular flexibility index (Phi) is 2.33. The molecule has 0 aliphatic rings. The molecular weight excluding hydrogens is 204 g/mol. The van der Waals surface area contributed by atoms with Crippen LogP contribution in [0.3, 0.4) is 0 Å². The first-order valence-corrected chi connectivity index (χ1v) is 4.72. The Morgan fingerprint density at radius 3 is 3.00 bits per heavy atom. The second kappa shape index (κ2) is 3.66. The van der Waals surface area contributed by atoms with Crippen molar-refractivity contribution in [1.82, 2.24) is 9.55 Å². The number of aromatic nitrogens is 2.